The monoisotopic (exact) mass is 267 g/mol. The van der Waals surface area contributed by atoms with Gasteiger partial charge in [-0.25, -0.2) is 0 Å². The van der Waals surface area contributed by atoms with Crippen molar-refractivity contribution in [3.8, 4) is 0 Å². The molecule has 1 fully saturated rings. The first-order valence-electron chi connectivity index (χ1n) is 6.12. The van der Waals surface area contributed by atoms with Crippen LogP contribution >= 0.6 is 11.6 Å². The molecule has 1 saturated heterocycles. The normalized spacial score (nSPS) is 19.2. The molecule has 0 radical (unpaired) electrons. The molecule has 0 aromatic heterocycles. The van der Waals surface area contributed by atoms with Crippen LogP contribution in [0.3, 0.4) is 0 Å². The standard InChI is InChI=1S/C13H18ClN3O/c1-16-8-9-4-5-10(7-11(9)14)17-6-2-3-12(17)13(15)18/h4-5,7,12,16H,2-3,6,8H2,1H3,(H2,15,18). The molecule has 3 N–H and O–H groups in total. The molecule has 18 heavy (non-hydrogen) atoms. The van der Waals surface area contributed by atoms with Gasteiger partial charge in [0.25, 0.3) is 0 Å². The van der Waals surface area contributed by atoms with Crippen LogP contribution < -0.4 is 16.0 Å². The summed E-state index contributed by atoms with van der Waals surface area (Å²) in [6, 6.07) is 5.70. The molecule has 1 aromatic carbocycles. The average molecular weight is 268 g/mol. The average Bonchev–Trinajstić information content (AvgIpc) is 2.81. The van der Waals surface area contributed by atoms with Crippen molar-refractivity contribution in [2.75, 3.05) is 18.5 Å². The van der Waals surface area contributed by atoms with Crippen LogP contribution in [-0.4, -0.2) is 25.5 Å². The van der Waals surface area contributed by atoms with E-state index in [2.05, 4.69) is 5.32 Å². The van der Waals surface area contributed by atoms with E-state index < -0.39 is 0 Å². The van der Waals surface area contributed by atoms with Gasteiger partial charge in [0.1, 0.15) is 6.04 Å². The van der Waals surface area contributed by atoms with Gasteiger partial charge in [0.15, 0.2) is 0 Å². The lowest BCUT2D eigenvalue weighted by Gasteiger charge is -2.25. The number of nitrogens with two attached hydrogens (primary N) is 1. The number of anilines is 1. The van der Waals surface area contributed by atoms with Crippen molar-refractivity contribution in [1.82, 2.24) is 5.32 Å². The predicted molar refractivity (Wildman–Crippen MR) is 73.8 cm³/mol. The summed E-state index contributed by atoms with van der Waals surface area (Å²) in [7, 11) is 1.88. The SMILES string of the molecule is CNCc1ccc(N2CCCC2C(N)=O)cc1Cl. The van der Waals surface area contributed by atoms with Crippen molar-refractivity contribution in [3.05, 3.63) is 28.8 Å². The number of benzene rings is 1. The molecular formula is C13H18ClN3O. The van der Waals surface area contributed by atoms with Gasteiger partial charge >= 0.3 is 0 Å². The summed E-state index contributed by atoms with van der Waals surface area (Å²) in [6.45, 7) is 1.59. The van der Waals surface area contributed by atoms with Gasteiger partial charge in [-0.2, -0.15) is 0 Å². The Morgan fingerprint density at radius 3 is 3.00 bits per heavy atom. The maximum absolute atomic E-state index is 11.4. The summed E-state index contributed by atoms with van der Waals surface area (Å²) in [4.78, 5) is 13.4. The molecule has 1 aromatic rings. The number of amides is 1. The Bertz CT molecular complexity index is 450. The van der Waals surface area contributed by atoms with Gasteiger partial charge in [-0.05, 0) is 37.6 Å². The van der Waals surface area contributed by atoms with Gasteiger partial charge in [0.2, 0.25) is 5.91 Å². The number of nitrogens with zero attached hydrogens (tertiary/aromatic N) is 1. The maximum Gasteiger partial charge on any atom is 0.240 e. The number of halogens is 1. The van der Waals surface area contributed by atoms with Crippen molar-refractivity contribution in [3.63, 3.8) is 0 Å². The molecule has 0 saturated carbocycles. The van der Waals surface area contributed by atoms with Gasteiger partial charge in [0, 0.05) is 23.8 Å². The number of rotatable bonds is 4. The van der Waals surface area contributed by atoms with Gasteiger partial charge in [-0.1, -0.05) is 17.7 Å². The van der Waals surface area contributed by atoms with E-state index in [1.54, 1.807) is 0 Å². The Hall–Kier alpha value is -1.26. The quantitative estimate of drug-likeness (QED) is 0.870. The van der Waals surface area contributed by atoms with Crippen molar-refractivity contribution in [2.24, 2.45) is 5.73 Å². The number of primary amides is 1. The van der Waals surface area contributed by atoms with Crippen LogP contribution in [0.1, 0.15) is 18.4 Å². The zero-order valence-electron chi connectivity index (χ0n) is 10.4. The highest BCUT2D eigenvalue weighted by Gasteiger charge is 2.29. The zero-order chi connectivity index (χ0) is 13.1. The minimum Gasteiger partial charge on any atom is -0.368 e. The lowest BCUT2D eigenvalue weighted by Crippen LogP contribution is -2.40. The smallest absolute Gasteiger partial charge is 0.240 e. The second kappa shape index (κ2) is 5.59. The van der Waals surface area contributed by atoms with Crippen molar-refractivity contribution in [2.45, 2.75) is 25.4 Å². The summed E-state index contributed by atoms with van der Waals surface area (Å²) in [5, 5.41) is 3.79. The Labute approximate surface area is 112 Å². The second-order valence-electron chi connectivity index (χ2n) is 4.56. The fourth-order valence-electron chi connectivity index (χ4n) is 2.42. The van der Waals surface area contributed by atoms with Crippen LogP contribution in [-0.2, 0) is 11.3 Å². The number of nitrogens with one attached hydrogen (secondary N) is 1. The second-order valence-corrected chi connectivity index (χ2v) is 4.97. The highest BCUT2D eigenvalue weighted by Crippen LogP contribution is 2.29. The first-order valence-corrected chi connectivity index (χ1v) is 6.50. The molecule has 1 amide bonds. The number of hydrogen-bond acceptors (Lipinski definition) is 3. The number of hydrogen-bond donors (Lipinski definition) is 2. The molecule has 5 heteroatoms. The lowest BCUT2D eigenvalue weighted by molar-refractivity contribution is -0.119. The fourth-order valence-corrected chi connectivity index (χ4v) is 2.66. The van der Waals surface area contributed by atoms with E-state index in [-0.39, 0.29) is 11.9 Å². The van der Waals surface area contributed by atoms with Gasteiger partial charge in [-0.15, -0.1) is 0 Å². The first-order chi connectivity index (χ1) is 8.63. The topological polar surface area (TPSA) is 58.4 Å². The highest BCUT2D eigenvalue weighted by molar-refractivity contribution is 6.31. The summed E-state index contributed by atoms with van der Waals surface area (Å²) in [5.41, 5.74) is 7.44. The zero-order valence-corrected chi connectivity index (χ0v) is 11.2. The van der Waals surface area contributed by atoms with Gasteiger partial charge in [0.05, 0.1) is 0 Å². The van der Waals surface area contributed by atoms with E-state index in [0.717, 1.165) is 42.2 Å². The molecule has 1 unspecified atom stereocenters. The molecule has 1 aliphatic rings. The van der Waals surface area contributed by atoms with Crippen molar-refractivity contribution < 1.29 is 4.79 Å². The van der Waals surface area contributed by atoms with E-state index in [1.165, 1.54) is 0 Å². The highest BCUT2D eigenvalue weighted by atomic mass is 35.5. The molecule has 4 nitrogen and oxygen atoms in total. The summed E-state index contributed by atoms with van der Waals surface area (Å²) in [5.74, 6) is -0.261. The van der Waals surface area contributed by atoms with E-state index in [4.69, 9.17) is 17.3 Å². The maximum atomic E-state index is 11.4. The Morgan fingerprint density at radius 2 is 2.39 bits per heavy atom. The van der Waals surface area contributed by atoms with Crippen molar-refractivity contribution in [1.29, 1.82) is 0 Å². The van der Waals surface area contributed by atoms with E-state index in [1.807, 2.05) is 30.1 Å². The van der Waals surface area contributed by atoms with Crippen molar-refractivity contribution >= 4 is 23.2 Å². The van der Waals surface area contributed by atoms with E-state index >= 15 is 0 Å². The van der Waals surface area contributed by atoms with Crippen LogP contribution in [0.15, 0.2) is 18.2 Å². The van der Waals surface area contributed by atoms with Gasteiger partial charge in [-0.3, -0.25) is 4.79 Å². The Morgan fingerprint density at radius 1 is 1.61 bits per heavy atom. The largest absolute Gasteiger partial charge is 0.368 e. The van der Waals surface area contributed by atoms with E-state index in [0.29, 0.717) is 0 Å². The molecular weight excluding hydrogens is 250 g/mol. The van der Waals surface area contributed by atoms with Gasteiger partial charge < -0.3 is 16.0 Å². The molecule has 0 bridgehead atoms. The first kappa shape index (κ1) is 13.2. The van der Waals surface area contributed by atoms with Crippen LogP contribution in [0.5, 0.6) is 0 Å². The molecule has 98 valence electrons. The van der Waals surface area contributed by atoms with Crippen LogP contribution in [0.4, 0.5) is 5.69 Å². The molecule has 0 spiro atoms. The summed E-state index contributed by atoms with van der Waals surface area (Å²) < 4.78 is 0. The lowest BCUT2D eigenvalue weighted by atomic mass is 10.1. The Balaban J connectivity index is 2.23. The summed E-state index contributed by atoms with van der Waals surface area (Å²) in [6.07, 6.45) is 1.81. The molecule has 1 aliphatic heterocycles. The Kier molecular flexibility index (Phi) is 4.09. The third-order valence-electron chi connectivity index (χ3n) is 3.32. The molecule has 1 atom stereocenters. The fraction of sp³-hybridized carbons (Fsp3) is 0.462. The van der Waals surface area contributed by atoms with Crippen LogP contribution in [0, 0.1) is 0 Å². The molecule has 2 rings (SSSR count). The number of carbonyl (C=O) groups is 1. The minimum absolute atomic E-state index is 0.198. The summed E-state index contributed by atoms with van der Waals surface area (Å²) >= 11 is 6.23. The molecule has 0 aliphatic carbocycles. The van der Waals surface area contributed by atoms with Crippen LogP contribution in [0.25, 0.3) is 0 Å². The number of carbonyl (C=O) groups excluding carboxylic acids is 1. The molecule has 1 heterocycles. The van der Waals surface area contributed by atoms with Crippen LogP contribution in [0.2, 0.25) is 5.02 Å². The third kappa shape index (κ3) is 2.60. The third-order valence-corrected chi connectivity index (χ3v) is 3.67. The van der Waals surface area contributed by atoms with E-state index in [9.17, 15) is 4.79 Å². The minimum atomic E-state index is -0.261. The predicted octanol–water partition coefficient (Wildman–Crippen LogP) is 1.51.